The van der Waals surface area contributed by atoms with Crippen molar-refractivity contribution in [1.82, 2.24) is 10.0 Å². The largest absolute Gasteiger partial charge is 0.316 e. The van der Waals surface area contributed by atoms with E-state index in [1.165, 1.54) is 12.1 Å². The molecule has 0 heterocycles. The minimum Gasteiger partial charge on any atom is -0.316 e. The van der Waals surface area contributed by atoms with Crippen LogP contribution in [0.4, 0.5) is 0 Å². The molecule has 0 aliphatic heterocycles. The van der Waals surface area contributed by atoms with E-state index >= 15 is 0 Å². The molecule has 4 nitrogen and oxygen atoms in total. The first kappa shape index (κ1) is 14.7. The van der Waals surface area contributed by atoms with Crippen LogP contribution in [0.1, 0.15) is 6.92 Å². The second-order valence-corrected chi connectivity index (χ2v) is 6.11. The second-order valence-electron chi connectivity index (χ2n) is 3.59. The van der Waals surface area contributed by atoms with Gasteiger partial charge in [0, 0.05) is 12.6 Å². The Kier molecular flexibility index (Phi) is 5.22. The molecule has 0 aliphatic carbocycles. The van der Waals surface area contributed by atoms with Crippen molar-refractivity contribution in [2.45, 2.75) is 17.9 Å². The topological polar surface area (TPSA) is 58.2 Å². The molecule has 1 aromatic carbocycles. The minimum atomic E-state index is -3.68. The first-order chi connectivity index (χ1) is 7.88. The Morgan fingerprint density at radius 2 is 1.82 bits per heavy atom. The molecule has 0 radical (unpaired) electrons. The van der Waals surface area contributed by atoms with Crippen LogP contribution in [0.5, 0.6) is 0 Å². The number of likely N-dealkylation sites (N-methyl/N-ethyl adjacent to an activating group) is 1. The summed E-state index contributed by atoms with van der Waals surface area (Å²) in [5, 5.41) is 3.15. The molecular weight excluding hydrogens is 283 g/mol. The summed E-state index contributed by atoms with van der Waals surface area (Å²) in [6.45, 7) is 2.12. The Morgan fingerprint density at radius 1 is 1.29 bits per heavy atom. The van der Waals surface area contributed by atoms with Gasteiger partial charge in [0.25, 0.3) is 0 Å². The predicted octanol–water partition coefficient (Wildman–Crippen LogP) is 1.88. The predicted molar refractivity (Wildman–Crippen MR) is 70.2 cm³/mol. The summed E-state index contributed by atoms with van der Waals surface area (Å²) in [4.78, 5) is -0.0772. The molecule has 0 aliphatic rings. The lowest BCUT2D eigenvalue weighted by Crippen LogP contribution is -2.37. The lowest BCUT2D eigenvalue weighted by atomic mass is 10.4. The summed E-state index contributed by atoms with van der Waals surface area (Å²) in [6.07, 6.45) is 0. The zero-order chi connectivity index (χ0) is 13.1. The molecule has 1 unspecified atom stereocenters. The van der Waals surface area contributed by atoms with Gasteiger partial charge in [-0.3, -0.25) is 0 Å². The van der Waals surface area contributed by atoms with Gasteiger partial charge in [0.05, 0.1) is 10.0 Å². The van der Waals surface area contributed by atoms with Crippen molar-refractivity contribution in [2.75, 3.05) is 13.6 Å². The molecule has 1 rings (SSSR count). The van der Waals surface area contributed by atoms with E-state index < -0.39 is 10.0 Å². The molecule has 0 saturated heterocycles. The van der Waals surface area contributed by atoms with Crippen molar-refractivity contribution in [1.29, 1.82) is 0 Å². The summed E-state index contributed by atoms with van der Waals surface area (Å²) in [5.74, 6) is 0. The normalized spacial score (nSPS) is 13.6. The first-order valence-electron chi connectivity index (χ1n) is 4.99. The van der Waals surface area contributed by atoms with Crippen molar-refractivity contribution in [3.8, 4) is 0 Å². The number of nitrogens with one attached hydrogen (secondary N) is 2. The van der Waals surface area contributed by atoms with Gasteiger partial charge in [0.1, 0.15) is 4.90 Å². The monoisotopic (exact) mass is 296 g/mol. The van der Waals surface area contributed by atoms with Gasteiger partial charge in [-0.25, -0.2) is 13.1 Å². The lowest BCUT2D eigenvalue weighted by Gasteiger charge is -2.13. The fraction of sp³-hybridized carbons (Fsp3) is 0.400. The molecule has 0 fully saturated rings. The Labute approximate surface area is 111 Å². The Hall–Kier alpha value is -0.330. The zero-order valence-electron chi connectivity index (χ0n) is 9.50. The first-order valence-corrected chi connectivity index (χ1v) is 7.23. The van der Waals surface area contributed by atoms with Crippen LogP contribution < -0.4 is 10.0 Å². The Balaban J connectivity index is 2.98. The molecule has 0 amide bonds. The molecule has 17 heavy (non-hydrogen) atoms. The van der Waals surface area contributed by atoms with Crippen LogP contribution in [-0.4, -0.2) is 28.1 Å². The van der Waals surface area contributed by atoms with Crippen LogP contribution in [0.2, 0.25) is 10.0 Å². The van der Waals surface area contributed by atoms with E-state index in [0.29, 0.717) is 0 Å². The highest BCUT2D eigenvalue weighted by Crippen LogP contribution is 2.28. The third-order valence-electron chi connectivity index (χ3n) is 2.26. The molecular formula is C10H14Cl2N2O2S. The van der Waals surface area contributed by atoms with Crippen LogP contribution in [0.15, 0.2) is 23.1 Å². The molecule has 0 aromatic heterocycles. The molecule has 0 saturated carbocycles. The van der Waals surface area contributed by atoms with E-state index in [2.05, 4.69) is 10.0 Å². The van der Waals surface area contributed by atoms with E-state index in [-0.39, 0.29) is 27.5 Å². The second kappa shape index (κ2) is 6.02. The van der Waals surface area contributed by atoms with Crippen molar-refractivity contribution in [3.05, 3.63) is 28.2 Å². The lowest BCUT2D eigenvalue weighted by molar-refractivity contribution is 0.554. The van der Waals surface area contributed by atoms with Gasteiger partial charge in [0.2, 0.25) is 10.0 Å². The summed E-state index contributed by atoms with van der Waals surface area (Å²) < 4.78 is 26.4. The fourth-order valence-electron chi connectivity index (χ4n) is 1.15. The van der Waals surface area contributed by atoms with Gasteiger partial charge in [-0.15, -0.1) is 0 Å². The smallest absolute Gasteiger partial charge is 0.243 e. The third-order valence-corrected chi connectivity index (χ3v) is 4.64. The maximum Gasteiger partial charge on any atom is 0.243 e. The SMILES string of the molecule is CNC(C)CNS(=O)(=O)c1c(Cl)cccc1Cl. The zero-order valence-corrected chi connectivity index (χ0v) is 11.8. The number of halogens is 2. The summed E-state index contributed by atoms with van der Waals surface area (Å²) >= 11 is 11.7. The van der Waals surface area contributed by atoms with Crippen LogP contribution in [0.3, 0.4) is 0 Å². The van der Waals surface area contributed by atoms with E-state index in [1.54, 1.807) is 13.1 Å². The quantitative estimate of drug-likeness (QED) is 0.872. The van der Waals surface area contributed by atoms with Gasteiger partial charge >= 0.3 is 0 Å². The summed E-state index contributed by atoms with van der Waals surface area (Å²) in [7, 11) is -1.93. The van der Waals surface area contributed by atoms with E-state index in [4.69, 9.17) is 23.2 Å². The van der Waals surface area contributed by atoms with Crippen LogP contribution >= 0.6 is 23.2 Å². The highest BCUT2D eigenvalue weighted by Gasteiger charge is 2.21. The molecule has 2 N–H and O–H groups in total. The molecule has 1 atom stereocenters. The maximum absolute atomic E-state index is 12.0. The number of hydrogen-bond acceptors (Lipinski definition) is 3. The van der Waals surface area contributed by atoms with Gasteiger partial charge in [-0.1, -0.05) is 29.3 Å². The van der Waals surface area contributed by atoms with Gasteiger partial charge in [-0.2, -0.15) is 0 Å². The van der Waals surface area contributed by atoms with Crippen molar-refractivity contribution in [3.63, 3.8) is 0 Å². The highest BCUT2D eigenvalue weighted by molar-refractivity contribution is 7.89. The van der Waals surface area contributed by atoms with Gasteiger partial charge in [0.15, 0.2) is 0 Å². The third kappa shape index (κ3) is 3.82. The summed E-state index contributed by atoms with van der Waals surface area (Å²) in [5.41, 5.74) is 0. The average Bonchev–Trinajstić information content (AvgIpc) is 2.25. The van der Waals surface area contributed by atoms with Crippen molar-refractivity contribution < 1.29 is 8.42 Å². The number of sulfonamides is 1. The maximum atomic E-state index is 12.0. The number of rotatable bonds is 5. The van der Waals surface area contributed by atoms with Crippen molar-refractivity contribution in [2.24, 2.45) is 0 Å². The molecule has 96 valence electrons. The van der Waals surface area contributed by atoms with E-state index in [1.807, 2.05) is 6.92 Å². The van der Waals surface area contributed by atoms with E-state index in [9.17, 15) is 8.42 Å². The van der Waals surface area contributed by atoms with Crippen LogP contribution in [-0.2, 0) is 10.0 Å². The molecule has 7 heteroatoms. The fourth-order valence-corrected chi connectivity index (χ4v) is 3.42. The number of hydrogen-bond donors (Lipinski definition) is 2. The van der Waals surface area contributed by atoms with Gasteiger partial charge < -0.3 is 5.32 Å². The Morgan fingerprint density at radius 3 is 2.29 bits per heavy atom. The van der Waals surface area contributed by atoms with Crippen LogP contribution in [0.25, 0.3) is 0 Å². The van der Waals surface area contributed by atoms with E-state index in [0.717, 1.165) is 0 Å². The molecule has 0 spiro atoms. The minimum absolute atomic E-state index is 0.0195. The Bertz CT molecular complexity index is 471. The molecule has 0 bridgehead atoms. The summed E-state index contributed by atoms with van der Waals surface area (Å²) in [6, 6.07) is 4.60. The highest BCUT2D eigenvalue weighted by atomic mass is 35.5. The molecule has 1 aromatic rings. The van der Waals surface area contributed by atoms with Crippen LogP contribution in [0, 0.1) is 0 Å². The van der Waals surface area contributed by atoms with Crippen molar-refractivity contribution >= 4 is 33.2 Å². The van der Waals surface area contributed by atoms with Gasteiger partial charge in [-0.05, 0) is 26.1 Å². The average molecular weight is 297 g/mol. The number of benzene rings is 1. The standard InChI is InChI=1S/C10H14Cl2N2O2S/c1-7(13-2)6-14-17(15,16)10-8(11)4-3-5-9(10)12/h3-5,7,13-14H,6H2,1-2H3.